The summed E-state index contributed by atoms with van der Waals surface area (Å²) in [6.07, 6.45) is 1.34. The first-order valence-corrected chi connectivity index (χ1v) is 8.96. The van der Waals surface area contributed by atoms with Crippen molar-refractivity contribution in [2.75, 3.05) is 7.11 Å². The fourth-order valence-electron chi connectivity index (χ4n) is 2.34. The van der Waals surface area contributed by atoms with Crippen LogP contribution in [0.3, 0.4) is 0 Å². The lowest BCUT2D eigenvalue weighted by molar-refractivity contribution is -0.120. The van der Waals surface area contributed by atoms with Crippen LogP contribution in [-0.2, 0) is 11.2 Å². The van der Waals surface area contributed by atoms with Gasteiger partial charge in [0.1, 0.15) is 10.8 Å². The molecule has 0 bridgehead atoms. The molecule has 0 fully saturated rings. The third-order valence-corrected chi connectivity index (χ3v) is 4.62. The van der Waals surface area contributed by atoms with E-state index in [1.807, 2.05) is 0 Å². The van der Waals surface area contributed by atoms with E-state index in [2.05, 4.69) is 15.5 Å². The van der Waals surface area contributed by atoms with Gasteiger partial charge < -0.3 is 14.9 Å². The molecule has 0 unspecified atom stereocenters. The van der Waals surface area contributed by atoms with E-state index in [1.165, 1.54) is 48.9 Å². The number of rotatable bonds is 6. The minimum atomic E-state index is -0.373. The minimum absolute atomic E-state index is 0.0270. The molecule has 7 nitrogen and oxygen atoms in total. The quantitative estimate of drug-likeness (QED) is 0.335. The molecule has 1 heterocycles. The average Bonchev–Trinajstić information content (AvgIpc) is 3.13. The Morgan fingerprint density at radius 2 is 2.07 bits per heavy atom. The van der Waals surface area contributed by atoms with Crippen molar-refractivity contribution in [3.63, 3.8) is 0 Å². The van der Waals surface area contributed by atoms with Crippen LogP contribution in [-0.4, -0.2) is 34.4 Å². The number of phenolic OH excluding ortho intramolecular Hbond substituents is 2. The summed E-state index contributed by atoms with van der Waals surface area (Å²) in [5.74, 6) is -1.34. The number of nitrogens with zero attached hydrogens (tertiary/aromatic N) is 2. The minimum Gasteiger partial charge on any atom is -0.504 e. The zero-order valence-electron chi connectivity index (χ0n) is 14.7. The smallest absolute Gasteiger partial charge is 0.246 e. The summed E-state index contributed by atoms with van der Waals surface area (Å²) in [7, 11) is 1.35. The first-order chi connectivity index (χ1) is 13.5. The van der Waals surface area contributed by atoms with E-state index in [1.54, 1.807) is 17.5 Å². The second kappa shape index (κ2) is 8.49. The van der Waals surface area contributed by atoms with Gasteiger partial charge in [0.15, 0.2) is 11.5 Å². The van der Waals surface area contributed by atoms with Crippen molar-refractivity contribution in [3.8, 4) is 27.8 Å². The molecular formula is C19H16FN3O4S. The molecule has 3 rings (SSSR count). The number of benzene rings is 2. The Bertz CT molecular complexity index is 1020. The Kier molecular flexibility index (Phi) is 5.85. The Morgan fingerprint density at radius 3 is 2.79 bits per heavy atom. The summed E-state index contributed by atoms with van der Waals surface area (Å²) in [6.45, 7) is 0. The highest BCUT2D eigenvalue weighted by Gasteiger charge is 2.10. The lowest BCUT2D eigenvalue weighted by Crippen LogP contribution is -2.19. The first-order valence-electron chi connectivity index (χ1n) is 8.08. The van der Waals surface area contributed by atoms with Gasteiger partial charge in [-0.2, -0.15) is 5.10 Å². The van der Waals surface area contributed by atoms with Crippen LogP contribution in [0, 0.1) is 5.82 Å². The number of thiazole rings is 1. The van der Waals surface area contributed by atoms with E-state index in [9.17, 15) is 19.4 Å². The number of phenols is 2. The first kappa shape index (κ1) is 19.3. The van der Waals surface area contributed by atoms with Crippen LogP contribution in [0.2, 0.25) is 0 Å². The number of carbonyl (C=O) groups is 1. The molecule has 0 aliphatic rings. The average molecular weight is 401 g/mol. The number of hydrogen-bond acceptors (Lipinski definition) is 7. The van der Waals surface area contributed by atoms with Gasteiger partial charge in [-0.1, -0.05) is 0 Å². The van der Waals surface area contributed by atoms with Crippen molar-refractivity contribution in [1.29, 1.82) is 0 Å². The summed E-state index contributed by atoms with van der Waals surface area (Å²) in [4.78, 5) is 16.4. The largest absolute Gasteiger partial charge is 0.504 e. The number of aromatic hydroxyl groups is 2. The molecule has 0 atom stereocenters. The lowest BCUT2D eigenvalue weighted by atomic mass is 10.2. The molecule has 144 valence electrons. The Labute approximate surface area is 163 Å². The fourth-order valence-corrected chi connectivity index (χ4v) is 3.17. The van der Waals surface area contributed by atoms with E-state index in [4.69, 9.17) is 4.74 Å². The summed E-state index contributed by atoms with van der Waals surface area (Å²) < 4.78 is 17.9. The standard InChI is InChI=1S/C19H16FN3O4S/c1-27-16-7-11(6-15(24)18(16)26)9-21-23-17(25)8-14-10-28-19(22-14)12-2-4-13(20)5-3-12/h2-7,9-10,24,26H,8H2,1H3,(H,23,25)/b21-9+. The predicted molar refractivity (Wildman–Crippen MR) is 103 cm³/mol. The van der Waals surface area contributed by atoms with Crippen molar-refractivity contribution >= 4 is 23.5 Å². The number of ether oxygens (including phenoxy) is 1. The van der Waals surface area contributed by atoms with Gasteiger partial charge in [-0.05, 0) is 36.4 Å². The molecule has 1 aromatic heterocycles. The van der Waals surface area contributed by atoms with Crippen molar-refractivity contribution < 1.29 is 24.1 Å². The molecule has 0 saturated carbocycles. The zero-order chi connectivity index (χ0) is 20.1. The van der Waals surface area contributed by atoms with Crippen molar-refractivity contribution in [2.45, 2.75) is 6.42 Å². The predicted octanol–water partition coefficient (Wildman–Crippen LogP) is 3.06. The van der Waals surface area contributed by atoms with Gasteiger partial charge in [-0.15, -0.1) is 11.3 Å². The van der Waals surface area contributed by atoms with Gasteiger partial charge in [0, 0.05) is 16.5 Å². The number of carbonyl (C=O) groups excluding carboxylic acids is 1. The van der Waals surface area contributed by atoms with Gasteiger partial charge in [0.2, 0.25) is 11.7 Å². The van der Waals surface area contributed by atoms with Crippen LogP contribution in [0.5, 0.6) is 17.2 Å². The second-order valence-corrected chi connectivity index (χ2v) is 6.57. The van der Waals surface area contributed by atoms with Crippen molar-refractivity contribution in [1.82, 2.24) is 10.4 Å². The maximum atomic E-state index is 13.0. The summed E-state index contributed by atoms with van der Waals surface area (Å²) in [5.41, 5.74) is 4.14. The topological polar surface area (TPSA) is 104 Å². The molecule has 9 heteroatoms. The number of amides is 1. The Morgan fingerprint density at radius 1 is 1.32 bits per heavy atom. The van der Waals surface area contributed by atoms with E-state index in [-0.39, 0.29) is 35.4 Å². The highest BCUT2D eigenvalue weighted by molar-refractivity contribution is 7.13. The highest BCUT2D eigenvalue weighted by atomic mass is 32.1. The SMILES string of the molecule is COc1cc(/C=N/NC(=O)Cc2csc(-c3ccc(F)cc3)n2)cc(O)c1O. The number of hydrogen-bond donors (Lipinski definition) is 3. The van der Waals surface area contributed by atoms with Crippen LogP contribution in [0.25, 0.3) is 10.6 Å². The molecule has 0 saturated heterocycles. The van der Waals surface area contributed by atoms with E-state index < -0.39 is 0 Å². The van der Waals surface area contributed by atoms with Crippen molar-refractivity contribution in [3.05, 3.63) is 58.9 Å². The number of methoxy groups -OCH3 is 1. The molecular weight excluding hydrogens is 385 g/mol. The number of aromatic nitrogens is 1. The highest BCUT2D eigenvalue weighted by Crippen LogP contribution is 2.35. The Balaban J connectivity index is 1.60. The van der Waals surface area contributed by atoms with Crippen LogP contribution in [0.1, 0.15) is 11.3 Å². The third-order valence-electron chi connectivity index (χ3n) is 3.68. The van der Waals surface area contributed by atoms with Crippen molar-refractivity contribution in [2.24, 2.45) is 5.10 Å². The van der Waals surface area contributed by atoms with Crippen LogP contribution in [0.4, 0.5) is 4.39 Å². The molecule has 1 amide bonds. The molecule has 0 spiro atoms. The Hall–Kier alpha value is -3.46. The van der Waals surface area contributed by atoms with Crippen LogP contribution < -0.4 is 10.2 Å². The van der Waals surface area contributed by atoms with E-state index in [0.29, 0.717) is 16.3 Å². The second-order valence-electron chi connectivity index (χ2n) is 5.71. The van der Waals surface area contributed by atoms with Gasteiger partial charge in [0.05, 0.1) is 25.4 Å². The van der Waals surface area contributed by atoms with Crippen LogP contribution in [0.15, 0.2) is 46.9 Å². The lowest BCUT2D eigenvalue weighted by Gasteiger charge is -2.06. The van der Waals surface area contributed by atoms with Gasteiger partial charge in [0.25, 0.3) is 0 Å². The summed E-state index contributed by atoms with van der Waals surface area (Å²) in [6, 6.07) is 8.71. The molecule has 0 radical (unpaired) electrons. The number of hydrazone groups is 1. The molecule has 28 heavy (non-hydrogen) atoms. The summed E-state index contributed by atoms with van der Waals surface area (Å²) >= 11 is 1.36. The summed E-state index contributed by atoms with van der Waals surface area (Å²) in [5, 5.41) is 25.5. The zero-order valence-corrected chi connectivity index (χ0v) is 15.5. The molecule has 3 aromatic rings. The van der Waals surface area contributed by atoms with Crippen LogP contribution >= 0.6 is 11.3 Å². The monoisotopic (exact) mass is 401 g/mol. The molecule has 0 aliphatic carbocycles. The molecule has 0 aliphatic heterocycles. The maximum absolute atomic E-state index is 13.0. The van der Waals surface area contributed by atoms with Gasteiger partial charge in [-0.25, -0.2) is 14.8 Å². The van der Waals surface area contributed by atoms with Gasteiger partial charge >= 0.3 is 0 Å². The van der Waals surface area contributed by atoms with Gasteiger partial charge in [-0.3, -0.25) is 4.79 Å². The van der Waals surface area contributed by atoms with E-state index >= 15 is 0 Å². The number of halogens is 1. The number of nitrogens with one attached hydrogen (secondary N) is 1. The normalized spacial score (nSPS) is 10.9. The van der Waals surface area contributed by atoms with E-state index in [0.717, 1.165) is 5.56 Å². The molecule has 3 N–H and O–H groups in total. The molecule has 2 aromatic carbocycles. The maximum Gasteiger partial charge on any atom is 0.246 e. The third kappa shape index (κ3) is 4.63. The fraction of sp³-hybridized carbons (Fsp3) is 0.105.